The van der Waals surface area contributed by atoms with Crippen molar-refractivity contribution in [3.8, 4) is 22.3 Å². The van der Waals surface area contributed by atoms with Crippen molar-refractivity contribution in [2.75, 3.05) is 0 Å². The summed E-state index contributed by atoms with van der Waals surface area (Å²) in [7, 11) is -11.1. The maximum atomic E-state index is 11.7. The van der Waals surface area contributed by atoms with Gasteiger partial charge in [0.05, 0.1) is 0 Å². The van der Waals surface area contributed by atoms with Crippen molar-refractivity contribution in [1.29, 1.82) is 0 Å². The van der Waals surface area contributed by atoms with E-state index in [0.717, 1.165) is 16.7 Å². The van der Waals surface area contributed by atoms with Gasteiger partial charge in [-0.15, -0.1) is 0 Å². The van der Waals surface area contributed by atoms with Gasteiger partial charge in [-0.2, -0.15) is 0 Å². The zero-order valence-corrected chi connectivity index (χ0v) is 16.9. The second-order valence-electron chi connectivity index (χ2n) is 6.65. The fourth-order valence-electron chi connectivity index (χ4n) is 3.10. The third-order valence-electron chi connectivity index (χ3n) is 4.62. The maximum absolute atomic E-state index is 11.7. The molecular weight excluding hydrogens is 414 g/mol. The van der Waals surface area contributed by atoms with Crippen LogP contribution in [0.15, 0.2) is 78.9 Å². The SMILES string of the molecule is O=P(O)(O)C(O)(Cc1cccc(-c2ccccc2-c2ccccc2)c1)P(=O)(O)O. The highest BCUT2D eigenvalue weighted by Crippen LogP contribution is 2.68. The van der Waals surface area contributed by atoms with Crippen LogP contribution in [0.25, 0.3) is 22.3 Å². The molecule has 3 aromatic carbocycles. The number of hydrogen-bond acceptors (Lipinski definition) is 3. The Hall–Kier alpha value is -2.08. The molecule has 0 fully saturated rings. The first-order chi connectivity index (χ1) is 13.5. The minimum Gasteiger partial charge on any atom is -0.367 e. The molecule has 29 heavy (non-hydrogen) atoms. The average molecular weight is 434 g/mol. The number of aliphatic hydroxyl groups is 1. The molecule has 0 unspecified atom stereocenters. The molecule has 3 rings (SSSR count). The minimum absolute atomic E-state index is 0.180. The van der Waals surface area contributed by atoms with Gasteiger partial charge in [0.1, 0.15) is 0 Å². The molecule has 0 atom stereocenters. The standard InChI is InChI=1S/C20H20O7P2/c21-20(28(22,23)24,29(25,26)27)14-15-7-6-10-17(13-15)19-12-5-4-11-18(19)16-8-2-1-3-9-16/h1-13,21H,14H2,(H2,22,23,24)(H2,25,26,27). The summed E-state index contributed by atoms with van der Waals surface area (Å²) in [5.74, 6) is 0. The van der Waals surface area contributed by atoms with E-state index in [1.54, 1.807) is 18.2 Å². The lowest BCUT2D eigenvalue weighted by molar-refractivity contribution is 0.131. The van der Waals surface area contributed by atoms with Crippen LogP contribution in [0.2, 0.25) is 0 Å². The van der Waals surface area contributed by atoms with Crippen molar-refractivity contribution in [1.82, 2.24) is 0 Å². The van der Waals surface area contributed by atoms with Gasteiger partial charge in [-0.05, 0) is 27.8 Å². The molecule has 0 aliphatic carbocycles. The molecule has 0 aliphatic rings. The van der Waals surface area contributed by atoms with E-state index in [1.165, 1.54) is 6.07 Å². The van der Waals surface area contributed by atoms with Crippen molar-refractivity contribution in [3.63, 3.8) is 0 Å². The largest absolute Gasteiger partial charge is 0.369 e. The van der Waals surface area contributed by atoms with Crippen molar-refractivity contribution in [2.24, 2.45) is 0 Å². The van der Waals surface area contributed by atoms with Crippen molar-refractivity contribution in [3.05, 3.63) is 84.4 Å². The molecule has 5 N–H and O–H groups in total. The second-order valence-corrected chi connectivity index (χ2v) is 10.7. The molecular formula is C20H20O7P2. The molecule has 0 heterocycles. The first-order valence-electron chi connectivity index (χ1n) is 8.60. The minimum atomic E-state index is -5.53. The smallest absolute Gasteiger partial charge is 0.367 e. The van der Waals surface area contributed by atoms with Crippen LogP contribution >= 0.6 is 15.2 Å². The van der Waals surface area contributed by atoms with Crippen LogP contribution < -0.4 is 0 Å². The van der Waals surface area contributed by atoms with E-state index < -0.39 is 26.7 Å². The molecule has 0 aliphatic heterocycles. The molecule has 0 aromatic heterocycles. The Morgan fingerprint density at radius 1 is 0.655 bits per heavy atom. The molecule has 7 nitrogen and oxygen atoms in total. The summed E-state index contributed by atoms with van der Waals surface area (Å²) in [6.45, 7) is 0. The Kier molecular flexibility index (Phi) is 5.95. The van der Waals surface area contributed by atoms with Gasteiger partial charge in [0.2, 0.25) is 0 Å². The van der Waals surface area contributed by atoms with Gasteiger partial charge in [0.25, 0.3) is 5.08 Å². The summed E-state index contributed by atoms with van der Waals surface area (Å²) in [5, 5.41) is 6.72. The topological polar surface area (TPSA) is 135 Å². The van der Waals surface area contributed by atoms with Gasteiger partial charge in [0, 0.05) is 6.42 Å². The Bertz CT molecular complexity index is 1080. The number of rotatable bonds is 6. The predicted octanol–water partition coefficient (Wildman–Crippen LogP) is 3.56. The summed E-state index contributed by atoms with van der Waals surface area (Å²) in [6.07, 6.45) is -0.900. The van der Waals surface area contributed by atoms with Gasteiger partial charge in [-0.3, -0.25) is 9.13 Å². The molecule has 152 valence electrons. The van der Waals surface area contributed by atoms with E-state index >= 15 is 0 Å². The van der Waals surface area contributed by atoms with E-state index in [4.69, 9.17) is 0 Å². The van der Waals surface area contributed by atoms with Crippen molar-refractivity contribution >= 4 is 15.2 Å². The van der Waals surface area contributed by atoms with E-state index in [9.17, 15) is 33.8 Å². The molecule has 0 amide bonds. The third kappa shape index (κ3) is 4.42. The molecule has 0 saturated heterocycles. The summed E-state index contributed by atoms with van der Waals surface area (Å²) in [6, 6.07) is 23.5. The second kappa shape index (κ2) is 7.98. The maximum Gasteiger partial charge on any atom is 0.369 e. The molecule has 0 radical (unpaired) electrons. The average Bonchev–Trinajstić information content (AvgIpc) is 2.67. The summed E-state index contributed by atoms with van der Waals surface area (Å²) >= 11 is 0. The fraction of sp³-hybridized carbons (Fsp3) is 0.100. The summed E-state index contributed by atoms with van der Waals surface area (Å²) in [4.78, 5) is 37.5. The lowest BCUT2D eigenvalue weighted by Crippen LogP contribution is -2.31. The zero-order chi connectivity index (χ0) is 21.3. The highest BCUT2D eigenvalue weighted by molar-refractivity contribution is 7.72. The van der Waals surface area contributed by atoms with E-state index in [1.807, 2.05) is 54.6 Å². The van der Waals surface area contributed by atoms with Gasteiger partial charge in [0.15, 0.2) is 0 Å². The quantitative estimate of drug-likeness (QED) is 0.374. The van der Waals surface area contributed by atoms with E-state index in [2.05, 4.69) is 0 Å². The lowest BCUT2D eigenvalue weighted by Gasteiger charge is -2.29. The Morgan fingerprint density at radius 3 is 1.69 bits per heavy atom. The van der Waals surface area contributed by atoms with Gasteiger partial charge >= 0.3 is 15.2 Å². The van der Waals surface area contributed by atoms with Crippen LogP contribution in [0.3, 0.4) is 0 Å². The van der Waals surface area contributed by atoms with Crippen LogP contribution in [-0.4, -0.2) is 29.8 Å². The van der Waals surface area contributed by atoms with E-state index in [0.29, 0.717) is 5.56 Å². The monoisotopic (exact) mass is 434 g/mol. The normalized spacial score (nSPS) is 12.7. The first-order valence-corrected chi connectivity index (χ1v) is 11.8. The van der Waals surface area contributed by atoms with Crippen LogP contribution in [0.5, 0.6) is 0 Å². The Morgan fingerprint density at radius 2 is 1.14 bits per heavy atom. The molecule has 0 spiro atoms. The third-order valence-corrected chi connectivity index (χ3v) is 8.37. The highest BCUT2D eigenvalue weighted by atomic mass is 31.2. The number of hydrogen-bond donors (Lipinski definition) is 5. The Labute approximate surface area is 167 Å². The Balaban J connectivity index is 2.07. The molecule has 0 saturated carbocycles. The van der Waals surface area contributed by atoms with Crippen molar-refractivity contribution in [2.45, 2.75) is 11.5 Å². The van der Waals surface area contributed by atoms with Crippen LogP contribution in [-0.2, 0) is 15.6 Å². The van der Waals surface area contributed by atoms with E-state index in [-0.39, 0.29) is 5.56 Å². The fourth-order valence-corrected chi connectivity index (χ4v) is 5.24. The first kappa shape index (κ1) is 21.6. The van der Waals surface area contributed by atoms with Crippen LogP contribution in [0.1, 0.15) is 5.56 Å². The molecule has 9 heteroatoms. The predicted molar refractivity (Wildman–Crippen MR) is 110 cm³/mol. The van der Waals surface area contributed by atoms with Gasteiger partial charge < -0.3 is 24.7 Å². The van der Waals surface area contributed by atoms with Crippen molar-refractivity contribution < 1.29 is 33.8 Å². The number of benzene rings is 3. The summed E-state index contributed by atoms with van der Waals surface area (Å²) < 4.78 is 23.3. The highest BCUT2D eigenvalue weighted by Gasteiger charge is 2.59. The van der Waals surface area contributed by atoms with Crippen LogP contribution in [0, 0.1) is 0 Å². The molecule has 3 aromatic rings. The van der Waals surface area contributed by atoms with Crippen LogP contribution in [0.4, 0.5) is 0 Å². The molecule has 0 bridgehead atoms. The zero-order valence-electron chi connectivity index (χ0n) is 15.2. The summed E-state index contributed by atoms with van der Waals surface area (Å²) in [5.41, 5.74) is 3.58. The van der Waals surface area contributed by atoms with Gasteiger partial charge in [-0.1, -0.05) is 78.9 Å². The van der Waals surface area contributed by atoms with Gasteiger partial charge in [-0.25, -0.2) is 0 Å². The lowest BCUT2D eigenvalue weighted by atomic mass is 9.93.